The molecule has 2 bridgehead atoms. The summed E-state index contributed by atoms with van der Waals surface area (Å²) < 4.78 is 12.2. The minimum absolute atomic E-state index is 0.0430. The monoisotopic (exact) mass is 532 g/mol. The number of ether oxygens (including phenoxy) is 2. The summed E-state index contributed by atoms with van der Waals surface area (Å²) in [5, 5.41) is 10.1. The molecule has 1 spiro atoms. The topological polar surface area (TPSA) is 103 Å². The number of likely N-dealkylation sites (tertiary alicyclic amines) is 1. The van der Waals surface area contributed by atoms with Crippen molar-refractivity contribution in [2.24, 2.45) is 17.8 Å². The third-order valence-electron chi connectivity index (χ3n) is 9.22. The molecule has 4 heterocycles. The molecular weight excluding hydrogens is 488 g/mol. The third kappa shape index (κ3) is 4.49. The van der Waals surface area contributed by atoms with Crippen molar-refractivity contribution in [2.45, 2.75) is 50.5 Å². The predicted molar refractivity (Wildman–Crippen MR) is 142 cm³/mol. The average Bonchev–Trinajstić information content (AvgIpc) is 3.42. The molecule has 4 aliphatic rings. The molecule has 10 nitrogen and oxygen atoms in total. The molecule has 4 rings (SSSR count). The Bertz CT molecular complexity index is 954. The highest BCUT2D eigenvalue weighted by atomic mass is 16.5. The van der Waals surface area contributed by atoms with E-state index in [1.165, 1.54) is 4.90 Å². The Morgan fingerprint density at radius 3 is 2.47 bits per heavy atom. The van der Waals surface area contributed by atoms with Gasteiger partial charge in [0.2, 0.25) is 17.7 Å². The molecule has 0 aromatic heterocycles. The second-order valence-electron chi connectivity index (χ2n) is 11.5. The van der Waals surface area contributed by atoms with E-state index in [-0.39, 0.29) is 30.2 Å². The summed E-state index contributed by atoms with van der Waals surface area (Å²) in [6.45, 7) is 17.7. The molecule has 7 atom stereocenters. The van der Waals surface area contributed by atoms with E-state index in [0.29, 0.717) is 45.8 Å². The number of hydrogen-bond donors (Lipinski definition) is 1. The number of carbonyl (C=O) groups is 3. The van der Waals surface area contributed by atoms with Crippen LogP contribution in [-0.4, -0.2) is 132 Å². The summed E-state index contributed by atoms with van der Waals surface area (Å²) in [5.74, 6) is -2.26. The van der Waals surface area contributed by atoms with Gasteiger partial charge in [-0.1, -0.05) is 19.1 Å². The normalized spacial score (nSPS) is 35.2. The van der Waals surface area contributed by atoms with Gasteiger partial charge in [0.15, 0.2) is 0 Å². The number of aliphatic hydroxyl groups excluding tert-OH is 1. The molecule has 3 unspecified atom stereocenters. The molecule has 0 radical (unpaired) electrons. The standard InChI is InChI=1S/C28H44N4O6/c1-7-9-29(6)24(34)21-22-25(35)32(20(4)18-33)23(28(22)17-19(3)27(21,5)38-28)26(36)31(10-8-2)12-11-30-13-15-37-16-14-30/h7-8,19-23,33H,1-2,9-18H2,3-6H3/t19?,20-,21-,22+,23?,27+,28?/m1/s1. The molecule has 0 saturated carbocycles. The number of amides is 3. The Labute approximate surface area is 226 Å². The summed E-state index contributed by atoms with van der Waals surface area (Å²) in [6, 6.07) is -1.53. The van der Waals surface area contributed by atoms with E-state index in [1.54, 1.807) is 35.9 Å². The van der Waals surface area contributed by atoms with Gasteiger partial charge in [0, 0.05) is 46.3 Å². The molecule has 0 aromatic rings. The summed E-state index contributed by atoms with van der Waals surface area (Å²) in [4.78, 5) is 49.4. The molecule has 0 aromatic carbocycles. The smallest absolute Gasteiger partial charge is 0.248 e. The Morgan fingerprint density at radius 2 is 1.87 bits per heavy atom. The Balaban J connectivity index is 1.71. The first-order chi connectivity index (χ1) is 18.1. The van der Waals surface area contributed by atoms with Gasteiger partial charge < -0.3 is 29.3 Å². The number of fused-ring (bicyclic) bond motifs is 1. The van der Waals surface area contributed by atoms with Crippen LogP contribution < -0.4 is 0 Å². The van der Waals surface area contributed by atoms with Crippen LogP contribution in [0.3, 0.4) is 0 Å². The SMILES string of the molecule is C=CCN(C)C(=O)[C@H]1[C@H]2C(=O)N([C@H](C)CO)C(C(=O)N(CC=C)CCN3CCOCC3)C23CC(C)[C@]1(C)O3. The molecule has 4 aliphatic heterocycles. The van der Waals surface area contributed by atoms with Gasteiger partial charge in [-0.3, -0.25) is 19.3 Å². The van der Waals surface area contributed by atoms with Gasteiger partial charge in [0.25, 0.3) is 0 Å². The fraction of sp³-hybridized carbons (Fsp3) is 0.750. The Hall–Kier alpha value is -2.27. The third-order valence-corrected chi connectivity index (χ3v) is 9.22. The number of nitrogens with zero attached hydrogens (tertiary/aromatic N) is 4. The van der Waals surface area contributed by atoms with Crippen LogP contribution in [0.2, 0.25) is 0 Å². The molecule has 4 fully saturated rings. The highest BCUT2D eigenvalue weighted by molar-refractivity contribution is 5.99. The zero-order valence-electron chi connectivity index (χ0n) is 23.3. The first-order valence-electron chi connectivity index (χ1n) is 13.8. The van der Waals surface area contributed by atoms with Gasteiger partial charge in [-0.25, -0.2) is 0 Å². The van der Waals surface area contributed by atoms with Gasteiger partial charge in [-0.15, -0.1) is 13.2 Å². The number of hydrogen-bond acceptors (Lipinski definition) is 7. The van der Waals surface area contributed by atoms with Crippen LogP contribution in [0.1, 0.15) is 27.2 Å². The van der Waals surface area contributed by atoms with E-state index >= 15 is 0 Å². The van der Waals surface area contributed by atoms with Crippen molar-refractivity contribution in [3.8, 4) is 0 Å². The van der Waals surface area contributed by atoms with E-state index in [1.807, 2.05) is 13.8 Å². The summed E-state index contributed by atoms with van der Waals surface area (Å²) in [5.41, 5.74) is -2.02. The van der Waals surface area contributed by atoms with Crippen LogP contribution in [0.4, 0.5) is 0 Å². The maximum absolute atomic E-state index is 14.4. The zero-order valence-corrected chi connectivity index (χ0v) is 23.3. The van der Waals surface area contributed by atoms with Gasteiger partial charge in [0.05, 0.1) is 43.3 Å². The first kappa shape index (κ1) is 28.7. The number of rotatable bonds is 11. The lowest BCUT2D eigenvalue weighted by Gasteiger charge is -2.39. The summed E-state index contributed by atoms with van der Waals surface area (Å²) in [7, 11) is 1.70. The number of carbonyl (C=O) groups excluding carboxylic acids is 3. The second kappa shape index (κ2) is 11.1. The molecule has 212 valence electrons. The maximum Gasteiger partial charge on any atom is 0.248 e. The van der Waals surface area contributed by atoms with Crippen molar-refractivity contribution in [1.29, 1.82) is 0 Å². The Morgan fingerprint density at radius 1 is 1.21 bits per heavy atom. The first-order valence-corrected chi connectivity index (χ1v) is 13.8. The lowest BCUT2D eigenvalue weighted by molar-refractivity contribution is -0.157. The summed E-state index contributed by atoms with van der Waals surface area (Å²) in [6.07, 6.45) is 3.83. The van der Waals surface area contributed by atoms with Crippen LogP contribution in [0.25, 0.3) is 0 Å². The minimum atomic E-state index is -1.14. The zero-order chi connectivity index (χ0) is 27.8. The molecule has 38 heavy (non-hydrogen) atoms. The van der Waals surface area contributed by atoms with Gasteiger partial charge in [0.1, 0.15) is 11.6 Å². The molecular formula is C28H44N4O6. The lowest BCUT2D eigenvalue weighted by atomic mass is 9.62. The largest absolute Gasteiger partial charge is 0.394 e. The van der Waals surface area contributed by atoms with Crippen LogP contribution in [0, 0.1) is 17.8 Å². The summed E-state index contributed by atoms with van der Waals surface area (Å²) >= 11 is 0. The van der Waals surface area contributed by atoms with Crippen LogP contribution in [-0.2, 0) is 23.9 Å². The molecule has 3 amide bonds. The van der Waals surface area contributed by atoms with E-state index in [4.69, 9.17) is 9.47 Å². The number of likely N-dealkylation sites (N-methyl/N-ethyl adjacent to an activating group) is 1. The fourth-order valence-corrected chi connectivity index (χ4v) is 7.12. The van der Waals surface area contributed by atoms with E-state index in [2.05, 4.69) is 18.1 Å². The van der Waals surface area contributed by atoms with Gasteiger partial charge >= 0.3 is 0 Å². The van der Waals surface area contributed by atoms with Crippen molar-refractivity contribution in [2.75, 3.05) is 66.1 Å². The maximum atomic E-state index is 14.4. The molecule has 10 heteroatoms. The minimum Gasteiger partial charge on any atom is -0.394 e. The lowest BCUT2D eigenvalue weighted by Crippen LogP contribution is -2.59. The van der Waals surface area contributed by atoms with E-state index in [0.717, 1.165) is 13.1 Å². The molecule has 0 aliphatic carbocycles. The van der Waals surface area contributed by atoms with Crippen molar-refractivity contribution in [3.05, 3.63) is 25.3 Å². The second-order valence-corrected chi connectivity index (χ2v) is 11.5. The predicted octanol–water partition coefficient (Wildman–Crippen LogP) is 0.369. The van der Waals surface area contributed by atoms with Gasteiger partial charge in [-0.05, 0) is 26.2 Å². The fourth-order valence-electron chi connectivity index (χ4n) is 7.12. The number of aliphatic hydroxyl groups is 1. The van der Waals surface area contributed by atoms with Crippen molar-refractivity contribution in [3.63, 3.8) is 0 Å². The van der Waals surface area contributed by atoms with Gasteiger partial charge in [-0.2, -0.15) is 0 Å². The van der Waals surface area contributed by atoms with Crippen molar-refractivity contribution in [1.82, 2.24) is 19.6 Å². The highest BCUT2D eigenvalue weighted by Gasteiger charge is 2.80. The van der Waals surface area contributed by atoms with E-state index < -0.39 is 35.1 Å². The van der Waals surface area contributed by atoms with Crippen LogP contribution in [0.15, 0.2) is 25.3 Å². The van der Waals surface area contributed by atoms with Crippen molar-refractivity contribution < 1.29 is 29.0 Å². The van der Waals surface area contributed by atoms with Crippen LogP contribution in [0.5, 0.6) is 0 Å². The highest BCUT2D eigenvalue weighted by Crippen LogP contribution is 2.65. The van der Waals surface area contributed by atoms with E-state index in [9.17, 15) is 19.5 Å². The van der Waals surface area contributed by atoms with Crippen LogP contribution >= 0.6 is 0 Å². The quantitative estimate of drug-likeness (QED) is 0.384. The van der Waals surface area contributed by atoms with Crippen molar-refractivity contribution >= 4 is 17.7 Å². The Kier molecular flexibility index (Phi) is 8.37. The molecule has 1 N–H and O–H groups in total. The number of morpholine rings is 1. The molecule has 4 saturated heterocycles. The average molecular weight is 533 g/mol.